The molecule has 1 aromatic carbocycles. The van der Waals surface area contributed by atoms with Crippen molar-refractivity contribution >= 4 is 23.9 Å². The molecule has 0 aliphatic rings. The van der Waals surface area contributed by atoms with Gasteiger partial charge in [-0.05, 0) is 39.7 Å². The smallest absolute Gasteiger partial charge is 0.408 e. The highest BCUT2D eigenvalue weighted by Crippen LogP contribution is 2.23. The molecule has 202 valence electrons. The van der Waals surface area contributed by atoms with E-state index in [9.17, 15) is 24.3 Å². The number of amides is 3. The Kier molecular flexibility index (Phi) is 13.5. The van der Waals surface area contributed by atoms with E-state index in [4.69, 9.17) is 9.47 Å². The SMILES string of the molecule is CCCCCN(C(=O)C(CO)NC(=O)OC(C)(C)C)C(C(=O)NCCC(=O)OCC)c1ccccc1. The average Bonchev–Trinajstić information content (AvgIpc) is 2.81. The third kappa shape index (κ3) is 11.1. The van der Waals surface area contributed by atoms with Gasteiger partial charge in [-0.15, -0.1) is 0 Å². The van der Waals surface area contributed by atoms with Gasteiger partial charge >= 0.3 is 12.1 Å². The Labute approximate surface area is 213 Å². The van der Waals surface area contributed by atoms with Gasteiger partial charge < -0.3 is 30.1 Å². The molecule has 0 aromatic heterocycles. The highest BCUT2D eigenvalue weighted by Gasteiger charge is 2.35. The molecule has 3 N–H and O–H groups in total. The third-order valence-corrected chi connectivity index (χ3v) is 5.07. The summed E-state index contributed by atoms with van der Waals surface area (Å²) in [5, 5.41) is 15.1. The van der Waals surface area contributed by atoms with E-state index >= 15 is 0 Å². The number of carbonyl (C=O) groups excluding carboxylic acids is 4. The summed E-state index contributed by atoms with van der Waals surface area (Å²) in [6.45, 7) is 8.61. The van der Waals surface area contributed by atoms with Crippen LogP contribution in [0.5, 0.6) is 0 Å². The van der Waals surface area contributed by atoms with Gasteiger partial charge in [0.05, 0.1) is 19.6 Å². The lowest BCUT2D eigenvalue weighted by atomic mass is 10.0. The predicted octanol–water partition coefficient (Wildman–Crippen LogP) is 2.70. The van der Waals surface area contributed by atoms with Crippen molar-refractivity contribution in [1.29, 1.82) is 0 Å². The molecule has 3 amide bonds. The van der Waals surface area contributed by atoms with Crippen molar-refractivity contribution in [2.24, 2.45) is 0 Å². The topological polar surface area (TPSA) is 134 Å². The second-order valence-corrected chi connectivity index (χ2v) is 9.28. The third-order valence-electron chi connectivity index (χ3n) is 5.07. The van der Waals surface area contributed by atoms with Crippen LogP contribution in [0, 0.1) is 0 Å². The monoisotopic (exact) mass is 507 g/mol. The molecule has 36 heavy (non-hydrogen) atoms. The first kappa shape index (κ1) is 30.9. The number of unbranched alkanes of at least 4 members (excludes halogenated alkanes) is 2. The second kappa shape index (κ2) is 15.8. The van der Waals surface area contributed by atoms with Gasteiger partial charge in [-0.1, -0.05) is 50.1 Å². The summed E-state index contributed by atoms with van der Waals surface area (Å²) in [5.74, 6) is -1.54. The molecule has 10 nitrogen and oxygen atoms in total. The van der Waals surface area contributed by atoms with Crippen LogP contribution in [0.25, 0.3) is 0 Å². The fourth-order valence-electron chi connectivity index (χ4n) is 3.46. The molecule has 0 aliphatic heterocycles. The van der Waals surface area contributed by atoms with E-state index < -0.39 is 48.2 Å². The molecule has 0 fully saturated rings. The maximum absolute atomic E-state index is 13.6. The van der Waals surface area contributed by atoms with Gasteiger partial charge in [-0.25, -0.2) is 4.79 Å². The first-order valence-corrected chi connectivity index (χ1v) is 12.4. The van der Waals surface area contributed by atoms with Crippen molar-refractivity contribution in [2.45, 2.75) is 78.0 Å². The maximum Gasteiger partial charge on any atom is 0.408 e. The molecule has 0 saturated heterocycles. The lowest BCUT2D eigenvalue weighted by Gasteiger charge is -2.34. The van der Waals surface area contributed by atoms with Crippen LogP contribution in [0.15, 0.2) is 30.3 Å². The summed E-state index contributed by atoms with van der Waals surface area (Å²) in [6.07, 6.45) is 1.47. The Bertz CT molecular complexity index is 840. The maximum atomic E-state index is 13.6. The first-order valence-electron chi connectivity index (χ1n) is 12.4. The van der Waals surface area contributed by atoms with Crippen LogP contribution in [-0.4, -0.2) is 71.8 Å². The number of carbonyl (C=O) groups is 4. The summed E-state index contributed by atoms with van der Waals surface area (Å²) >= 11 is 0. The van der Waals surface area contributed by atoms with Gasteiger partial charge in [0.2, 0.25) is 11.8 Å². The van der Waals surface area contributed by atoms with E-state index in [1.165, 1.54) is 4.90 Å². The predicted molar refractivity (Wildman–Crippen MR) is 135 cm³/mol. The lowest BCUT2D eigenvalue weighted by Crippen LogP contribution is -2.54. The Morgan fingerprint density at radius 1 is 1.06 bits per heavy atom. The summed E-state index contributed by atoms with van der Waals surface area (Å²) in [4.78, 5) is 52.3. The molecule has 0 spiro atoms. The van der Waals surface area contributed by atoms with Crippen LogP contribution >= 0.6 is 0 Å². The normalized spacial score (nSPS) is 12.7. The molecule has 0 saturated carbocycles. The summed E-state index contributed by atoms with van der Waals surface area (Å²) in [6, 6.07) is 6.42. The minimum atomic E-state index is -1.31. The number of rotatable bonds is 14. The van der Waals surface area contributed by atoms with Gasteiger partial charge in [-0.2, -0.15) is 0 Å². The number of aliphatic hydroxyl groups excluding tert-OH is 1. The number of nitrogens with one attached hydrogen (secondary N) is 2. The van der Waals surface area contributed by atoms with Crippen LogP contribution in [-0.2, 0) is 23.9 Å². The van der Waals surface area contributed by atoms with E-state index in [1.807, 2.05) is 6.92 Å². The summed E-state index contributed by atoms with van der Waals surface area (Å²) < 4.78 is 10.1. The Morgan fingerprint density at radius 3 is 2.28 bits per heavy atom. The fourth-order valence-corrected chi connectivity index (χ4v) is 3.46. The average molecular weight is 508 g/mol. The molecule has 10 heteroatoms. The van der Waals surface area contributed by atoms with Gasteiger partial charge in [0.25, 0.3) is 0 Å². The number of ether oxygens (including phenoxy) is 2. The minimum absolute atomic E-state index is 0.00959. The van der Waals surface area contributed by atoms with Crippen LogP contribution in [0.4, 0.5) is 4.79 Å². The number of aliphatic hydroxyl groups is 1. The Balaban J connectivity index is 3.23. The number of alkyl carbamates (subject to hydrolysis) is 1. The van der Waals surface area contributed by atoms with Gasteiger partial charge in [0.15, 0.2) is 0 Å². The zero-order valence-corrected chi connectivity index (χ0v) is 22.0. The molecule has 1 rings (SSSR count). The summed E-state index contributed by atoms with van der Waals surface area (Å²) in [5.41, 5.74) is -0.232. The molecular formula is C26H41N3O7. The number of hydrogen-bond donors (Lipinski definition) is 3. The van der Waals surface area contributed by atoms with Crippen LogP contribution < -0.4 is 10.6 Å². The molecule has 0 bridgehead atoms. The van der Waals surface area contributed by atoms with Gasteiger partial charge in [-0.3, -0.25) is 14.4 Å². The highest BCUT2D eigenvalue weighted by molar-refractivity contribution is 5.92. The zero-order chi connectivity index (χ0) is 27.1. The molecule has 2 unspecified atom stereocenters. The van der Waals surface area contributed by atoms with Crippen molar-refractivity contribution in [1.82, 2.24) is 15.5 Å². The molecule has 0 aliphatic carbocycles. The highest BCUT2D eigenvalue weighted by atomic mass is 16.6. The summed E-state index contributed by atoms with van der Waals surface area (Å²) in [7, 11) is 0. The molecule has 0 radical (unpaired) electrons. The lowest BCUT2D eigenvalue weighted by molar-refractivity contribution is -0.144. The number of benzene rings is 1. The fraction of sp³-hybridized carbons (Fsp3) is 0.615. The Hall–Kier alpha value is -3.14. The van der Waals surface area contributed by atoms with Crippen molar-refractivity contribution in [2.75, 3.05) is 26.3 Å². The van der Waals surface area contributed by atoms with Gasteiger partial charge in [0, 0.05) is 13.1 Å². The van der Waals surface area contributed by atoms with E-state index in [1.54, 1.807) is 58.0 Å². The number of hydrogen-bond acceptors (Lipinski definition) is 7. The first-order chi connectivity index (χ1) is 17.0. The van der Waals surface area contributed by atoms with Crippen molar-refractivity contribution in [3.8, 4) is 0 Å². The molecule has 2 atom stereocenters. The van der Waals surface area contributed by atoms with Crippen LogP contribution in [0.3, 0.4) is 0 Å². The molecule has 1 aromatic rings. The second-order valence-electron chi connectivity index (χ2n) is 9.28. The Morgan fingerprint density at radius 2 is 1.72 bits per heavy atom. The molecule has 0 heterocycles. The largest absolute Gasteiger partial charge is 0.466 e. The van der Waals surface area contributed by atoms with Crippen LogP contribution in [0.2, 0.25) is 0 Å². The molecular weight excluding hydrogens is 466 g/mol. The minimum Gasteiger partial charge on any atom is -0.466 e. The van der Waals surface area contributed by atoms with Crippen molar-refractivity contribution < 1.29 is 33.8 Å². The van der Waals surface area contributed by atoms with E-state index in [2.05, 4.69) is 10.6 Å². The van der Waals surface area contributed by atoms with Crippen LogP contribution in [0.1, 0.15) is 71.9 Å². The van der Waals surface area contributed by atoms with E-state index in [0.29, 0.717) is 12.0 Å². The number of esters is 1. The quantitative estimate of drug-likeness (QED) is 0.260. The number of nitrogens with zero attached hydrogens (tertiary/aromatic N) is 1. The van der Waals surface area contributed by atoms with Crippen molar-refractivity contribution in [3.63, 3.8) is 0 Å². The standard InChI is InChI=1S/C26H41N3O7/c1-6-8-12-17-29(24(33)20(18-30)28-25(34)36-26(3,4)5)22(19-13-10-9-11-14-19)23(32)27-16-15-21(31)35-7-2/h9-11,13-14,20,22,30H,6-8,12,15-18H2,1-5H3,(H,27,32)(H,28,34). The van der Waals surface area contributed by atoms with Gasteiger partial charge in [0.1, 0.15) is 17.7 Å². The van der Waals surface area contributed by atoms with Crippen molar-refractivity contribution in [3.05, 3.63) is 35.9 Å². The van der Waals surface area contributed by atoms with E-state index in [0.717, 1.165) is 12.8 Å². The van der Waals surface area contributed by atoms with E-state index in [-0.39, 0.29) is 26.1 Å². The zero-order valence-electron chi connectivity index (χ0n) is 22.0.